The molecule has 2 aromatic carbocycles. The Balaban J connectivity index is 1.38. The number of fused-ring (bicyclic) bond motifs is 1. The molecule has 3 aromatic rings. The van der Waals surface area contributed by atoms with Gasteiger partial charge in [0.05, 0.1) is 12.1 Å². The lowest BCUT2D eigenvalue weighted by Crippen LogP contribution is -2.30. The highest BCUT2D eigenvalue weighted by Gasteiger charge is 2.25. The number of carbonyl (C=O) groups excluding carboxylic acids is 1. The maximum atomic E-state index is 12.7. The summed E-state index contributed by atoms with van der Waals surface area (Å²) in [6.45, 7) is 3.26. The van der Waals surface area contributed by atoms with Gasteiger partial charge in [-0.1, -0.05) is 35.9 Å². The van der Waals surface area contributed by atoms with Gasteiger partial charge in [-0.25, -0.2) is 4.98 Å². The van der Waals surface area contributed by atoms with Crippen molar-refractivity contribution in [2.24, 2.45) is 0 Å². The zero-order chi connectivity index (χ0) is 17.9. The van der Waals surface area contributed by atoms with E-state index >= 15 is 0 Å². The Morgan fingerprint density at radius 2 is 2.08 bits per heavy atom. The smallest absolute Gasteiger partial charge is 0.233 e. The van der Waals surface area contributed by atoms with Crippen LogP contribution in [0.5, 0.6) is 5.75 Å². The van der Waals surface area contributed by atoms with Gasteiger partial charge in [-0.2, -0.15) is 0 Å². The largest absolute Gasteiger partial charge is 0.486 e. The molecule has 5 heteroatoms. The van der Waals surface area contributed by atoms with Crippen molar-refractivity contribution < 1.29 is 9.53 Å². The molecule has 2 heterocycles. The lowest BCUT2D eigenvalue weighted by molar-refractivity contribution is -0.117. The topological polar surface area (TPSA) is 42.4 Å². The van der Waals surface area contributed by atoms with E-state index in [1.807, 2.05) is 40.6 Å². The van der Waals surface area contributed by atoms with Gasteiger partial charge in [-0.3, -0.25) is 4.79 Å². The van der Waals surface area contributed by atoms with Crippen LogP contribution in [0.1, 0.15) is 21.8 Å². The summed E-state index contributed by atoms with van der Waals surface area (Å²) in [7, 11) is 0. The lowest BCUT2D eigenvalue weighted by Gasteiger charge is -2.16. The minimum atomic E-state index is 0.105. The predicted molar refractivity (Wildman–Crippen MR) is 104 cm³/mol. The zero-order valence-corrected chi connectivity index (χ0v) is 15.5. The molecule has 0 N–H and O–H groups in total. The Kier molecular flexibility index (Phi) is 4.71. The van der Waals surface area contributed by atoms with Crippen molar-refractivity contribution in [1.29, 1.82) is 0 Å². The fourth-order valence-corrected chi connectivity index (χ4v) is 3.90. The van der Waals surface area contributed by atoms with Crippen LogP contribution >= 0.6 is 11.3 Å². The molecule has 0 bridgehead atoms. The Labute approximate surface area is 157 Å². The van der Waals surface area contributed by atoms with E-state index in [9.17, 15) is 4.79 Å². The molecule has 0 radical (unpaired) electrons. The Morgan fingerprint density at radius 3 is 2.92 bits per heavy atom. The molecule has 1 aliphatic rings. The summed E-state index contributed by atoms with van der Waals surface area (Å²) < 4.78 is 5.72. The van der Waals surface area contributed by atoms with Crippen LogP contribution in [0, 0.1) is 6.92 Å². The number of hydrogen-bond donors (Lipinski definition) is 0. The van der Waals surface area contributed by atoms with E-state index in [4.69, 9.17) is 4.74 Å². The van der Waals surface area contributed by atoms with Crippen molar-refractivity contribution >= 4 is 22.9 Å². The van der Waals surface area contributed by atoms with Crippen LogP contribution in [0.2, 0.25) is 0 Å². The Morgan fingerprint density at radius 1 is 1.23 bits per heavy atom. The second-order valence-corrected chi connectivity index (χ2v) is 7.38. The van der Waals surface area contributed by atoms with E-state index in [2.05, 4.69) is 30.1 Å². The van der Waals surface area contributed by atoms with Crippen LogP contribution < -0.4 is 9.64 Å². The molecule has 26 heavy (non-hydrogen) atoms. The van der Waals surface area contributed by atoms with Crippen LogP contribution in [-0.2, 0) is 24.2 Å². The van der Waals surface area contributed by atoms with Gasteiger partial charge in [0.2, 0.25) is 5.91 Å². The summed E-state index contributed by atoms with van der Waals surface area (Å²) in [5, 5.41) is 2.84. The molecule has 132 valence electrons. The predicted octanol–water partition coefficient (Wildman–Crippen LogP) is 4.16. The third kappa shape index (κ3) is 3.63. The molecule has 0 spiro atoms. The number of anilines is 1. The average Bonchev–Trinajstić information content (AvgIpc) is 3.27. The van der Waals surface area contributed by atoms with Crippen LogP contribution in [0.4, 0.5) is 5.69 Å². The number of hydrogen-bond acceptors (Lipinski definition) is 4. The zero-order valence-electron chi connectivity index (χ0n) is 14.6. The van der Waals surface area contributed by atoms with Gasteiger partial charge in [0.25, 0.3) is 0 Å². The molecular weight excluding hydrogens is 344 g/mol. The molecule has 1 aliphatic heterocycles. The van der Waals surface area contributed by atoms with Crippen molar-refractivity contribution in [3.63, 3.8) is 0 Å². The second-order valence-electron chi connectivity index (χ2n) is 6.44. The molecule has 4 rings (SSSR count). The maximum absolute atomic E-state index is 12.7. The quantitative estimate of drug-likeness (QED) is 0.683. The monoisotopic (exact) mass is 364 g/mol. The third-order valence-electron chi connectivity index (χ3n) is 4.47. The molecule has 4 nitrogen and oxygen atoms in total. The average molecular weight is 364 g/mol. The first kappa shape index (κ1) is 16.8. The van der Waals surface area contributed by atoms with E-state index < -0.39 is 0 Å². The molecule has 1 aromatic heterocycles. The van der Waals surface area contributed by atoms with E-state index in [0.717, 1.165) is 35.1 Å². The highest BCUT2D eigenvalue weighted by Crippen LogP contribution is 2.29. The van der Waals surface area contributed by atoms with E-state index in [1.165, 1.54) is 22.5 Å². The number of rotatable bonds is 5. The summed E-state index contributed by atoms with van der Waals surface area (Å²) in [5.74, 6) is 0.928. The molecule has 0 aliphatic carbocycles. The normalized spacial score (nSPS) is 12.9. The van der Waals surface area contributed by atoms with Crippen molar-refractivity contribution in [2.75, 3.05) is 11.4 Å². The highest BCUT2D eigenvalue weighted by molar-refractivity contribution is 7.09. The SMILES string of the molecule is Cc1ccc2c(c1)CCN2C(=O)Cc1csc(COc2ccccc2)n1. The molecule has 0 fully saturated rings. The van der Waals surface area contributed by atoms with E-state index in [0.29, 0.717) is 13.0 Å². The van der Waals surface area contributed by atoms with Crippen LogP contribution in [-0.4, -0.2) is 17.4 Å². The van der Waals surface area contributed by atoms with E-state index in [1.54, 1.807) is 0 Å². The van der Waals surface area contributed by atoms with E-state index in [-0.39, 0.29) is 5.91 Å². The van der Waals surface area contributed by atoms with Crippen molar-refractivity contribution in [1.82, 2.24) is 4.98 Å². The molecule has 0 atom stereocenters. The highest BCUT2D eigenvalue weighted by atomic mass is 32.1. The summed E-state index contributed by atoms with van der Waals surface area (Å²) in [6.07, 6.45) is 1.26. The lowest BCUT2D eigenvalue weighted by atomic mass is 10.1. The van der Waals surface area contributed by atoms with Gasteiger partial charge in [-0.15, -0.1) is 11.3 Å². The van der Waals surface area contributed by atoms with Crippen molar-refractivity contribution in [3.05, 3.63) is 75.7 Å². The standard InChI is InChI=1S/C21H20N2O2S/c1-15-7-8-19-16(11-15)9-10-23(19)21(24)12-17-14-26-20(22-17)13-25-18-5-3-2-4-6-18/h2-8,11,14H,9-10,12-13H2,1H3. The minimum Gasteiger partial charge on any atom is -0.486 e. The summed E-state index contributed by atoms with van der Waals surface area (Å²) in [5.41, 5.74) is 4.35. The number of ether oxygens (including phenoxy) is 1. The van der Waals surface area contributed by atoms with Crippen LogP contribution in [0.25, 0.3) is 0 Å². The minimum absolute atomic E-state index is 0.105. The first-order valence-corrected chi connectivity index (χ1v) is 9.58. The summed E-state index contributed by atoms with van der Waals surface area (Å²) >= 11 is 1.53. The number of aromatic nitrogens is 1. The number of para-hydroxylation sites is 1. The number of nitrogens with zero attached hydrogens (tertiary/aromatic N) is 2. The van der Waals surface area contributed by atoms with Gasteiger partial charge in [0.15, 0.2) is 0 Å². The molecule has 0 saturated carbocycles. The summed E-state index contributed by atoms with van der Waals surface area (Å²) in [4.78, 5) is 19.1. The Hall–Kier alpha value is -2.66. The Bertz CT molecular complexity index is 921. The van der Waals surface area contributed by atoms with Crippen LogP contribution in [0.15, 0.2) is 53.9 Å². The number of amides is 1. The maximum Gasteiger partial charge on any atom is 0.233 e. The third-order valence-corrected chi connectivity index (χ3v) is 5.34. The molecular formula is C21H20N2O2S. The number of benzene rings is 2. The first-order valence-electron chi connectivity index (χ1n) is 8.70. The fraction of sp³-hybridized carbons (Fsp3) is 0.238. The second kappa shape index (κ2) is 7.30. The first-order chi connectivity index (χ1) is 12.7. The van der Waals surface area contributed by atoms with Gasteiger partial charge < -0.3 is 9.64 Å². The fourth-order valence-electron chi connectivity index (χ4n) is 3.20. The van der Waals surface area contributed by atoms with Gasteiger partial charge in [0, 0.05) is 17.6 Å². The van der Waals surface area contributed by atoms with Gasteiger partial charge in [-0.05, 0) is 37.1 Å². The number of carbonyl (C=O) groups is 1. The molecule has 1 amide bonds. The van der Waals surface area contributed by atoms with Gasteiger partial charge in [0.1, 0.15) is 17.4 Å². The van der Waals surface area contributed by atoms with Crippen molar-refractivity contribution in [3.8, 4) is 5.75 Å². The van der Waals surface area contributed by atoms with Gasteiger partial charge >= 0.3 is 0 Å². The molecule has 0 unspecified atom stereocenters. The number of thiazole rings is 1. The number of aryl methyl sites for hydroxylation is 1. The van der Waals surface area contributed by atoms with Crippen molar-refractivity contribution in [2.45, 2.75) is 26.4 Å². The molecule has 0 saturated heterocycles. The van der Waals surface area contributed by atoms with Crippen LogP contribution in [0.3, 0.4) is 0 Å². The summed E-state index contributed by atoms with van der Waals surface area (Å²) in [6, 6.07) is 16.0.